The summed E-state index contributed by atoms with van der Waals surface area (Å²) < 4.78 is 1.13. The molecule has 6 rings (SSSR count). The Kier molecular flexibility index (Phi) is 9.04. The van der Waals surface area contributed by atoms with Gasteiger partial charge in [0.2, 0.25) is 0 Å². The smallest absolute Gasteiger partial charge is 0.0422 e. The highest BCUT2D eigenvalue weighted by Gasteiger charge is 2.24. The first-order valence-electron chi connectivity index (χ1n) is 15.8. The molecule has 0 bridgehead atoms. The predicted molar refractivity (Wildman–Crippen MR) is 190 cm³/mol. The van der Waals surface area contributed by atoms with E-state index >= 15 is 0 Å². The van der Waals surface area contributed by atoms with Crippen molar-refractivity contribution in [2.24, 2.45) is 0 Å². The Bertz CT molecular complexity index is 1670. The minimum Gasteiger partial charge on any atom is -0.385 e. The first-order chi connectivity index (χ1) is 21.1. The zero-order valence-corrected chi connectivity index (χ0v) is 27.2. The molecule has 1 heterocycles. The molecule has 5 aromatic rings. The van der Waals surface area contributed by atoms with E-state index in [2.05, 4.69) is 155 Å². The average Bonchev–Trinajstić information content (AvgIpc) is 3.58. The van der Waals surface area contributed by atoms with E-state index in [0.717, 1.165) is 37.1 Å². The third-order valence-corrected chi connectivity index (χ3v) is 9.49. The molecule has 0 amide bonds. The zero-order valence-electron chi connectivity index (χ0n) is 25.6. The number of hydrogen-bond donors (Lipinski definition) is 1. The van der Waals surface area contributed by atoms with Gasteiger partial charge in [-0.15, -0.1) is 0 Å². The highest BCUT2D eigenvalue weighted by molar-refractivity contribution is 9.10. The molecule has 0 aromatic heterocycles. The van der Waals surface area contributed by atoms with Gasteiger partial charge in [-0.3, -0.25) is 0 Å². The second-order valence-electron chi connectivity index (χ2n) is 11.7. The van der Waals surface area contributed by atoms with Gasteiger partial charge in [0, 0.05) is 64.7 Å². The molecule has 1 fully saturated rings. The predicted octanol–water partition coefficient (Wildman–Crippen LogP) is 10.7. The van der Waals surface area contributed by atoms with Crippen molar-refractivity contribution in [3.8, 4) is 0 Å². The Morgan fingerprint density at radius 2 is 1.44 bits per heavy atom. The Balaban J connectivity index is 1.46. The Morgan fingerprint density at radius 3 is 2.12 bits per heavy atom. The van der Waals surface area contributed by atoms with E-state index in [9.17, 15) is 0 Å². The molecular weight excluding hydrogens is 590 g/mol. The summed E-state index contributed by atoms with van der Waals surface area (Å²) in [6.45, 7) is 10.7. The summed E-state index contributed by atoms with van der Waals surface area (Å²) in [6, 6.07) is 38.5. The molecule has 1 atom stereocenters. The van der Waals surface area contributed by atoms with E-state index in [4.69, 9.17) is 0 Å². The fourth-order valence-electron chi connectivity index (χ4n) is 6.52. The van der Waals surface area contributed by atoms with E-state index in [1.165, 1.54) is 68.6 Å². The molecule has 5 aromatic carbocycles. The molecule has 3 nitrogen and oxygen atoms in total. The van der Waals surface area contributed by atoms with Gasteiger partial charge in [0.1, 0.15) is 0 Å². The number of rotatable bonds is 10. The lowest BCUT2D eigenvalue weighted by atomic mass is 9.82. The van der Waals surface area contributed by atoms with Crippen LogP contribution in [0.5, 0.6) is 0 Å². The first-order valence-corrected chi connectivity index (χ1v) is 16.6. The molecule has 0 saturated carbocycles. The van der Waals surface area contributed by atoms with Crippen LogP contribution in [-0.4, -0.2) is 26.2 Å². The van der Waals surface area contributed by atoms with Gasteiger partial charge in [-0.25, -0.2) is 0 Å². The topological polar surface area (TPSA) is 18.5 Å². The van der Waals surface area contributed by atoms with Gasteiger partial charge in [-0.05, 0) is 97.7 Å². The average molecular weight is 633 g/mol. The lowest BCUT2D eigenvalue weighted by Gasteiger charge is -2.27. The van der Waals surface area contributed by atoms with E-state index in [0.29, 0.717) is 0 Å². The lowest BCUT2D eigenvalue weighted by Crippen LogP contribution is -2.17. The lowest BCUT2D eigenvalue weighted by molar-refractivity contribution is 0.949. The van der Waals surface area contributed by atoms with E-state index < -0.39 is 0 Å². The molecule has 4 heteroatoms. The normalized spacial score (nSPS) is 13.8. The molecule has 0 radical (unpaired) electrons. The summed E-state index contributed by atoms with van der Waals surface area (Å²) in [5.74, 6) is 0.0793. The molecule has 1 unspecified atom stereocenters. The second kappa shape index (κ2) is 13.3. The van der Waals surface area contributed by atoms with Gasteiger partial charge in [-0.2, -0.15) is 0 Å². The van der Waals surface area contributed by atoms with Gasteiger partial charge >= 0.3 is 0 Å². The van der Waals surface area contributed by atoms with Crippen LogP contribution in [0.1, 0.15) is 61.3 Å². The van der Waals surface area contributed by atoms with Crippen molar-refractivity contribution in [1.82, 2.24) is 0 Å². The number of hydrogen-bond acceptors (Lipinski definition) is 3. The third-order valence-electron chi connectivity index (χ3n) is 8.80. The Hall–Kier alpha value is -3.76. The monoisotopic (exact) mass is 631 g/mol. The number of fused-ring (bicyclic) bond motifs is 1. The van der Waals surface area contributed by atoms with Crippen LogP contribution in [0.4, 0.5) is 22.7 Å². The van der Waals surface area contributed by atoms with Gasteiger partial charge < -0.3 is 15.1 Å². The minimum absolute atomic E-state index is 0.0793. The first kappa shape index (κ1) is 29.3. The maximum Gasteiger partial charge on any atom is 0.0422 e. The van der Waals surface area contributed by atoms with Crippen LogP contribution in [0.15, 0.2) is 108 Å². The SMILES string of the molecule is CCCNc1ccc(C(c2ccc(N3CCCC3)cc2)c2ccc(N(CC)c3ccc(C)cc3)cc2Br)c2ccccc12. The number of nitrogens with one attached hydrogen (secondary N) is 1. The van der Waals surface area contributed by atoms with Crippen LogP contribution in [0.25, 0.3) is 10.8 Å². The summed E-state index contributed by atoms with van der Waals surface area (Å²) in [7, 11) is 0. The quantitative estimate of drug-likeness (QED) is 0.155. The van der Waals surface area contributed by atoms with E-state index in [1.54, 1.807) is 0 Å². The third kappa shape index (κ3) is 6.17. The molecule has 43 heavy (non-hydrogen) atoms. The van der Waals surface area contributed by atoms with Gasteiger partial charge in [0.15, 0.2) is 0 Å². The summed E-state index contributed by atoms with van der Waals surface area (Å²) >= 11 is 4.06. The zero-order chi connectivity index (χ0) is 29.8. The Morgan fingerprint density at radius 1 is 0.767 bits per heavy atom. The molecule has 1 N–H and O–H groups in total. The highest BCUT2D eigenvalue weighted by Crippen LogP contribution is 2.43. The molecule has 1 aliphatic rings. The standard InChI is InChI=1S/C39H42BrN3/c1-4-24-41-38-23-22-35(33-10-6-7-11-34(33)38)39(29-14-18-30(19-15-29)42-25-8-9-26-42)36-21-20-32(27-37(36)40)43(5-2)31-16-12-28(3)13-17-31/h6-7,10-23,27,39,41H,4-5,8-9,24-26H2,1-3H3. The van der Waals surface area contributed by atoms with Crippen molar-refractivity contribution in [1.29, 1.82) is 0 Å². The summed E-state index contributed by atoms with van der Waals surface area (Å²) in [4.78, 5) is 4.88. The van der Waals surface area contributed by atoms with Gasteiger partial charge in [-0.1, -0.05) is 89.1 Å². The van der Waals surface area contributed by atoms with Crippen LogP contribution >= 0.6 is 15.9 Å². The van der Waals surface area contributed by atoms with E-state index in [-0.39, 0.29) is 5.92 Å². The van der Waals surface area contributed by atoms with Gasteiger partial charge in [0.25, 0.3) is 0 Å². The fourth-order valence-corrected chi connectivity index (χ4v) is 7.12. The number of halogens is 1. The molecule has 1 saturated heterocycles. The van der Waals surface area contributed by atoms with Crippen LogP contribution < -0.4 is 15.1 Å². The maximum absolute atomic E-state index is 4.06. The van der Waals surface area contributed by atoms with Crippen LogP contribution in [-0.2, 0) is 0 Å². The molecule has 0 spiro atoms. The molecule has 220 valence electrons. The van der Waals surface area contributed by atoms with Crippen molar-refractivity contribution < 1.29 is 0 Å². The number of benzene rings is 5. The molecule has 1 aliphatic heterocycles. The maximum atomic E-state index is 4.06. The minimum atomic E-state index is 0.0793. The fraction of sp³-hybridized carbons (Fsp3) is 0.282. The number of anilines is 4. The number of aryl methyl sites for hydroxylation is 1. The Labute approximate surface area is 265 Å². The summed E-state index contributed by atoms with van der Waals surface area (Å²) in [6.07, 6.45) is 3.66. The van der Waals surface area contributed by atoms with Crippen molar-refractivity contribution in [3.63, 3.8) is 0 Å². The molecular formula is C39H42BrN3. The van der Waals surface area contributed by atoms with Crippen molar-refractivity contribution in [2.45, 2.75) is 46.0 Å². The van der Waals surface area contributed by atoms with Crippen LogP contribution in [0.2, 0.25) is 0 Å². The van der Waals surface area contributed by atoms with Crippen molar-refractivity contribution in [2.75, 3.05) is 41.3 Å². The highest BCUT2D eigenvalue weighted by atomic mass is 79.9. The second-order valence-corrected chi connectivity index (χ2v) is 12.5. The van der Waals surface area contributed by atoms with Crippen molar-refractivity contribution >= 4 is 49.5 Å². The number of nitrogens with zero attached hydrogens (tertiary/aromatic N) is 2. The van der Waals surface area contributed by atoms with Crippen LogP contribution in [0, 0.1) is 6.92 Å². The largest absolute Gasteiger partial charge is 0.385 e. The van der Waals surface area contributed by atoms with Gasteiger partial charge in [0.05, 0.1) is 0 Å². The van der Waals surface area contributed by atoms with E-state index in [1.807, 2.05) is 0 Å². The summed E-state index contributed by atoms with van der Waals surface area (Å²) in [5.41, 5.74) is 10.1. The summed E-state index contributed by atoms with van der Waals surface area (Å²) in [5, 5.41) is 6.23. The van der Waals surface area contributed by atoms with Crippen molar-refractivity contribution in [3.05, 3.63) is 130 Å². The molecule has 0 aliphatic carbocycles. The van der Waals surface area contributed by atoms with Crippen LogP contribution in [0.3, 0.4) is 0 Å².